The Morgan fingerprint density at radius 1 is 1.38 bits per heavy atom. The molecule has 0 saturated heterocycles. The number of pyridine rings is 1. The van der Waals surface area contributed by atoms with E-state index in [2.05, 4.69) is 17.2 Å². The van der Waals surface area contributed by atoms with E-state index < -0.39 is 0 Å². The van der Waals surface area contributed by atoms with Crippen LogP contribution >= 0.6 is 0 Å². The first-order valence-corrected chi connectivity index (χ1v) is 7.58. The summed E-state index contributed by atoms with van der Waals surface area (Å²) >= 11 is 0. The van der Waals surface area contributed by atoms with Gasteiger partial charge in [-0.1, -0.05) is 0 Å². The molecule has 1 saturated carbocycles. The number of nitrogens with zero attached hydrogens (tertiary/aromatic N) is 1. The van der Waals surface area contributed by atoms with Gasteiger partial charge in [-0.2, -0.15) is 0 Å². The molecule has 1 N–H and O–H groups in total. The first-order chi connectivity index (χ1) is 10.2. The SMILES string of the molecule is Cc1ccc([C@H](C)NCc2ccnc(OCC3CC3)c2)o1. The number of rotatable bonds is 7. The Morgan fingerprint density at radius 2 is 2.24 bits per heavy atom. The zero-order valence-corrected chi connectivity index (χ0v) is 12.6. The molecule has 0 radical (unpaired) electrons. The van der Waals surface area contributed by atoms with E-state index in [9.17, 15) is 0 Å². The average Bonchev–Trinajstić information content (AvgIpc) is 3.23. The Labute approximate surface area is 125 Å². The minimum Gasteiger partial charge on any atom is -0.477 e. The molecule has 21 heavy (non-hydrogen) atoms. The lowest BCUT2D eigenvalue weighted by Crippen LogP contribution is -2.17. The van der Waals surface area contributed by atoms with Crippen LogP contribution in [-0.4, -0.2) is 11.6 Å². The predicted molar refractivity (Wildman–Crippen MR) is 81.2 cm³/mol. The molecule has 112 valence electrons. The van der Waals surface area contributed by atoms with Gasteiger partial charge in [-0.05, 0) is 56.4 Å². The van der Waals surface area contributed by atoms with Crippen LogP contribution in [0.3, 0.4) is 0 Å². The van der Waals surface area contributed by atoms with E-state index in [0.29, 0.717) is 0 Å². The number of hydrogen-bond acceptors (Lipinski definition) is 4. The van der Waals surface area contributed by atoms with Gasteiger partial charge >= 0.3 is 0 Å². The summed E-state index contributed by atoms with van der Waals surface area (Å²) in [6.07, 6.45) is 4.39. The van der Waals surface area contributed by atoms with Crippen LogP contribution in [0.25, 0.3) is 0 Å². The molecule has 4 heteroatoms. The molecular formula is C17H22N2O2. The van der Waals surface area contributed by atoms with Gasteiger partial charge in [0.1, 0.15) is 11.5 Å². The highest BCUT2D eigenvalue weighted by Gasteiger charge is 2.22. The first-order valence-electron chi connectivity index (χ1n) is 7.58. The fourth-order valence-corrected chi connectivity index (χ4v) is 2.18. The number of hydrogen-bond donors (Lipinski definition) is 1. The number of aryl methyl sites for hydroxylation is 1. The van der Waals surface area contributed by atoms with E-state index in [1.807, 2.05) is 31.2 Å². The van der Waals surface area contributed by atoms with Crippen LogP contribution in [0.2, 0.25) is 0 Å². The number of ether oxygens (including phenoxy) is 1. The van der Waals surface area contributed by atoms with Gasteiger partial charge in [0, 0.05) is 18.8 Å². The van der Waals surface area contributed by atoms with Crippen LogP contribution in [-0.2, 0) is 6.54 Å². The second kappa shape index (κ2) is 6.31. The molecule has 3 rings (SSSR count). The quantitative estimate of drug-likeness (QED) is 0.844. The lowest BCUT2D eigenvalue weighted by molar-refractivity contribution is 0.288. The normalized spacial score (nSPS) is 15.9. The Balaban J connectivity index is 1.53. The van der Waals surface area contributed by atoms with Crippen molar-refractivity contribution in [1.29, 1.82) is 0 Å². The minimum atomic E-state index is 0.183. The van der Waals surface area contributed by atoms with E-state index >= 15 is 0 Å². The van der Waals surface area contributed by atoms with Crippen molar-refractivity contribution in [2.45, 2.75) is 39.3 Å². The monoisotopic (exact) mass is 286 g/mol. The Morgan fingerprint density at radius 3 is 2.95 bits per heavy atom. The molecule has 2 heterocycles. The Hall–Kier alpha value is -1.81. The molecule has 0 unspecified atom stereocenters. The summed E-state index contributed by atoms with van der Waals surface area (Å²) in [6, 6.07) is 8.21. The molecule has 1 fully saturated rings. The van der Waals surface area contributed by atoms with Gasteiger partial charge in [0.15, 0.2) is 0 Å². The molecule has 0 spiro atoms. The number of furan rings is 1. The third kappa shape index (κ3) is 4.08. The van der Waals surface area contributed by atoms with Crippen LogP contribution < -0.4 is 10.1 Å². The summed E-state index contributed by atoms with van der Waals surface area (Å²) in [5.41, 5.74) is 1.17. The van der Waals surface area contributed by atoms with Gasteiger partial charge in [0.25, 0.3) is 0 Å². The van der Waals surface area contributed by atoms with Crippen molar-refractivity contribution in [3.63, 3.8) is 0 Å². The van der Waals surface area contributed by atoms with Crippen LogP contribution in [0.4, 0.5) is 0 Å². The van der Waals surface area contributed by atoms with Crippen LogP contribution in [0.1, 0.15) is 42.9 Å². The third-order valence-corrected chi connectivity index (χ3v) is 3.76. The molecule has 0 bridgehead atoms. The summed E-state index contributed by atoms with van der Waals surface area (Å²) in [4.78, 5) is 4.26. The molecule has 1 atom stereocenters. The maximum absolute atomic E-state index is 5.71. The predicted octanol–water partition coefficient (Wildman–Crippen LogP) is 3.62. The van der Waals surface area contributed by atoms with E-state index in [4.69, 9.17) is 9.15 Å². The van der Waals surface area contributed by atoms with E-state index in [1.54, 1.807) is 6.20 Å². The maximum atomic E-state index is 5.71. The van der Waals surface area contributed by atoms with Crippen molar-refractivity contribution in [1.82, 2.24) is 10.3 Å². The molecule has 0 aromatic carbocycles. The summed E-state index contributed by atoms with van der Waals surface area (Å²) in [5, 5.41) is 3.46. The zero-order chi connectivity index (χ0) is 14.7. The lowest BCUT2D eigenvalue weighted by atomic mass is 10.2. The fraction of sp³-hybridized carbons (Fsp3) is 0.471. The standard InChI is InChI=1S/C17H22N2O2/c1-12-3-6-16(21-12)13(2)19-10-15-7-8-18-17(9-15)20-11-14-4-5-14/h3,6-9,13-14,19H,4-5,10-11H2,1-2H3/t13-/m0/s1. The van der Waals surface area contributed by atoms with Crippen molar-refractivity contribution in [3.05, 3.63) is 47.5 Å². The highest BCUT2D eigenvalue weighted by Crippen LogP contribution is 2.29. The van der Waals surface area contributed by atoms with Crippen molar-refractivity contribution in [2.24, 2.45) is 5.92 Å². The highest BCUT2D eigenvalue weighted by molar-refractivity contribution is 5.21. The third-order valence-electron chi connectivity index (χ3n) is 3.76. The van der Waals surface area contributed by atoms with Crippen molar-refractivity contribution >= 4 is 0 Å². The van der Waals surface area contributed by atoms with Crippen molar-refractivity contribution < 1.29 is 9.15 Å². The van der Waals surface area contributed by atoms with Crippen LogP contribution in [0.15, 0.2) is 34.9 Å². The van der Waals surface area contributed by atoms with Gasteiger partial charge in [-0.25, -0.2) is 4.98 Å². The lowest BCUT2D eigenvalue weighted by Gasteiger charge is -2.12. The second-order valence-electron chi connectivity index (χ2n) is 5.81. The zero-order valence-electron chi connectivity index (χ0n) is 12.6. The van der Waals surface area contributed by atoms with Gasteiger partial charge in [0.2, 0.25) is 5.88 Å². The second-order valence-corrected chi connectivity index (χ2v) is 5.81. The molecule has 0 amide bonds. The molecule has 2 aromatic heterocycles. The summed E-state index contributed by atoms with van der Waals surface area (Å²) in [6.45, 7) is 5.63. The summed E-state index contributed by atoms with van der Waals surface area (Å²) in [7, 11) is 0. The topological polar surface area (TPSA) is 47.3 Å². The number of aromatic nitrogens is 1. The average molecular weight is 286 g/mol. The van der Waals surface area contributed by atoms with E-state index in [0.717, 1.165) is 36.5 Å². The first kappa shape index (κ1) is 14.1. The highest BCUT2D eigenvalue weighted by atomic mass is 16.5. The molecule has 1 aliphatic rings. The number of nitrogens with one attached hydrogen (secondary N) is 1. The minimum absolute atomic E-state index is 0.183. The fourth-order valence-electron chi connectivity index (χ4n) is 2.18. The molecule has 0 aliphatic heterocycles. The van der Waals surface area contributed by atoms with Gasteiger partial charge in [-0.15, -0.1) is 0 Å². The molecule has 1 aliphatic carbocycles. The van der Waals surface area contributed by atoms with Crippen molar-refractivity contribution in [2.75, 3.05) is 6.61 Å². The maximum Gasteiger partial charge on any atom is 0.213 e. The molecular weight excluding hydrogens is 264 g/mol. The van der Waals surface area contributed by atoms with Gasteiger partial charge in [0.05, 0.1) is 12.6 Å². The van der Waals surface area contributed by atoms with Gasteiger partial charge < -0.3 is 14.5 Å². The Bertz CT molecular complexity index is 590. The van der Waals surface area contributed by atoms with E-state index in [-0.39, 0.29) is 6.04 Å². The van der Waals surface area contributed by atoms with Gasteiger partial charge in [-0.3, -0.25) is 0 Å². The molecule has 2 aromatic rings. The summed E-state index contributed by atoms with van der Waals surface area (Å²) in [5.74, 6) is 3.38. The van der Waals surface area contributed by atoms with Crippen molar-refractivity contribution in [3.8, 4) is 5.88 Å². The van der Waals surface area contributed by atoms with Crippen LogP contribution in [0.5, 0.6) is 5.88 Å². The molecule has 4 nitrogen and oxygen atoms in total. The largest absolute Gasteiger partial charge is 0.477 e. The Kier molecular flexibility index (Phi) is 4.25. The van der Waals surface area contributed by atoms with E-state index in [1.165, 1.54) is 18.4 Å². The smallest absolute Gasteiger partial charge is 0.213 e. The van der Waals surface area contributed by atoms with Crippen LogP contribution in [0, 0.1) is 12.8 Å². The summed E-state index contributed by atoms with van der Waals surface area (Å²) < 4.78 is 11.3.